The van der Waals surface area contributed by atoms with Crippen LogP contribution in [0.15, 0.2) is 53.3 Å². The number of pyridine rings is 1. The molecule has 0 radical (unpaired) electrons. The van der Waals surface area contributed by atoms with Crippen LogP contribution in [0.3, 0.4) is 0 Å². The second kappa shape index (κ2) is 7.44. The zero-order valence-electron chi connectivity index (χ0n) is 17.2. The molecule has 30 heavy (non-hydrogen) atoms. The van der Waals surface area contributed by atoms with E-state index >= 15 is 0 Å². The van der Waals surface area contributed by atoms with E-state index in [1.807, 2.05) is 24.2 Å². The number of hydrogen-bond acceptors (Lipinski definition) is 4. The lowest BCUT2D eigenvalue weighted by molar-refractivity contribution is 0.0664. The SMILES string of the molecule is Cc1ccc2[nH]c(C3CCCN(C(=O)c4cc(C)no4)C3)c(-c3ccncc3)c2c1. The van der Waals surface area contributed by atoms with Gasteiger partial charge in [-0.1, -0.05) is 16.8 Å². The van der Waals surface area contributed by atoms with E-state index < -0.39 is 0 Å². The van der Waals surface area contributed by atoms with E-state index in [4.69, 9.17) is 4.52 Å². The van der Waals surface area contributed by atoms with Crippen molar-refractivity contribution in [3.8, 4) is 11.1 Å². The average molecular weight is 400 g/mol. The topological polar surface area (TPSA) is 75.0 Å². The molecule has 1 N–H and O–H groups in total. The fourth-order valence-electron chi connectivity index (χ4n) is 4.48. The molecule has 5 rings (SSSR count). The number of rotatable bonds is 3. The van der Waals surface area contributed by atoms with Crippen LogP contribution >= 0.6 is 0 Å². The van der Waals surface area contributed by atoms with Gasteiger partial charge < -0.3 is 14.4 Å². The minimum absolute atomic E-state index is 0.0854. The fourth-order valence-corrected chi connectivity index (χ4v) is 4.48. The summed E-state index contributed by atoms with van der Waals surface area (Å²) in [7, 11) is 0. The summed E-state index contributed by atoms with van der Waals surface area (Å²) in [4.78, 5) is 22.7. The minimum atomic E-state index is -0.0854. The number of amides is 1. The van der Waals surface area contributed by atoms with Gasteiger partial charge in [0.2, 0.25) is 5.76 Å². The third-order valence-electron chi connectivity index (χ3n) is 5.91. The van der Waals surface area contributed by atoms with Crippen LogP contribution in [0.25, 0.3) is 22.0 Å². The summed E-state index contributed by atoms with van der Waals surface area (Å²) in [5.74, 6) is 0.454. The maximum atomic E-state index is 12.9. The Kier molecular flexibility index (Phi) is 4.62. The number of hydrogen-bond donors (Lipinski definition) is 1. The largest absolute Gasteiger partial charge is 0.358 e. The Morgan fingerprint density at radius 3 is 2.77 bits per heavy atom. The summed E-state index contributed by atoms with van der Waals surface area (Å²) < 4.78 is 5.22. The van der Waals surface area contributed by atoms with E-state index in [-0.39, 0.29) is 11.8 Å². The van der Waals surface area contributed by atoms with Crippen LogP contribution in [0.1, 0.15) is 46.3 Å². The molecule has 152 valence electrons. The number of fused-ring (bicyclic) bond motifs is 1. The van der Waals surface area contributed by atoms with Gasteiger partial charge in [-0.2, -0.15) is 0 Å². The van der Waals surface area contributed by atoms with Crippen molar-refractivity contribution in [1.82, 2.24) is 20.0 Å². The van der Waals surface area contributed by atoms with Crippen molar-refractivity contribution < 1.29 is 9.32 Å². The van der Waals surface area contributed by atoms with Crippen LogP contribution in [0.5, 0.6) is 0 Å². The van der Waals surface area contributed by atoms with Gasteiger partial charge in [-0.3, -0.25) is 9.78 Å². The Labute approximate surface area is 174 Å². The lowest BCUT2D eigenvalue weighted by atomic mass is 9.89. The highest BCUT2D eigenvalue weighted by molar-refractivity contribution is 5.98. The van der Waals surface area contributed by atoms with E-state index in [1.54, 1.807) is 6.07 Å². The highest BCUT2D eigenvalue weighted by atomic mass is 16.5. The number of aromatic nitrogens is 3. The molecule has 6 nitrogen and oxygen atoms in total. The number of aryl methyl sites for hydroxylation is 2. The average Bonchev–Trinajstić information content (AvgIpc) is 3.37. The molecular formula is C24H24N4O2. The van der Waals surface area contributed by atoms with Gasteiger partial charge in [-0.15, -0.1) is 0 Å². The number of nitrogens with zero attached hydrogens (tertiary/aromatic N) is 3. The van der Waals surface area contributed by atoms with Crippen LogP contribution in [-0.4, -0.2) is 39.0 Å². The van der Waals surface area contributed by atoms with Crippen molar-refractivity contribution in [2.75, 3.05) is 13.1 Å². The zero-order valence-corrected chi connectivity index (χ0v) is 17.2. The summed E-state index contributed by atoms with van der Waals surface area (Å²) in [6.07, 6.45) is 5.64. The lowest BCUT2D eigenvalue weighted by Crippen LogP contribution is -2.39. The molecule has 0 aliphatic carbocycles. The fraction of sp³-hybridized carbons (Fsp3) is 0.292. The van der Waals surface area contributed by atoms with E-state index in [2.05, 4.69) is 52.4 Å². The van der Waals surface area contributed by atoms with Crippen molar-refractivity contribution in [2.24, 2.45) is 0 Å². The molecule has 1 unspecified atom stereocenters. The van der Waals surface area contributed by atoms with Gasteiger partial charge in [0.1, 0.15) is 0 Å². The summed E-state index contributed by atoms with van der Waals surface area (Å²) in [6.45, 7) is 5.33. The van der Waals surface area contributed by atoms with Gasteiger partial charge in [0.15, 0.2) is 0 Å². The number of likely N-dealkylation sites (tertiary alicyclic amines) is 1. The van der Waals surface area contributed by atoms with Crippen LogP contribution in [0.4, 0.5) is 0 Å². The van der Waals surface area contributed by atoms with Crippen molar-refractivity contribution in [3.05, 3.63) is 71.5 Å². The van der Waals surface area contributed by atoms with Crippen LogP contribution < -0.4 is 0 Å². The molecule has 1 amide bonds. The molecule has 1 atom stereocenters. The number of benzene rings is 1. The maximum absolute atomic E-state index is 12.9. The van der Waals surface area contributed by atoms with Gasteiger partial charge in [0, 0.05) is 59.6 Å². The first-order valence-corrected chi connectivity index (χ1v) is 10.4. The molecule has 3 aromatic heterocycles. The predicted octanol–water partition coefficient (Wildman–Crippen LogP) is 4.85. The molecule has 4 heterocycles. The molecule has 6 heteroatoms. The molecule has 1 aliphatic heterocycles. The molecule has 0 spiro atoms. The van der Waals surface area contributed by atoms with Crippen molar-refractivity contribution in [1.29, 1.82) is 0 Å². The Morgan fingerprint density at radius 2 is 2.00 bits per heavy atom. The molecule has 0 saturated carbocycles. The Balaban J connectivity index is 1.55. The van der Waals surface area contributed by atoms with Crippen molar-refractivity contribution in [3.63, 3.8) is 0 Å². The summed E-state index contributed by atoms with van der Waals surface area (Å²) in [5, 5.41) is 5.08. The van der Waals surface area contributed by atoms with E-state index in [0.29, 0.717) is 12.3 Å². The number of piperidine rings is 1. The zero-order chi connectivity index (χ0) is 20.7. The summed E-state index contributed by atoms with van der Waals surface area (Å²) in [6, 6.07) is 12.3. The molecule has 4 aromatic rings. The van der Waals surface area contributed by atoms with Crippen LogP contribution in [0.2, 0.25) is 0 Å². The van der Waals surface area contributed by atoms with Gasteiger partial charge >= 0.3 is 0 Å². The van der Waals surface area contributed by atoms with Gasteiger partial charge in [0.25, 0.3) is 5.91 Å². The Morgan fingerprint density at radius 1 is 1.17 bits per heavy atom. The monoisotopic (exact) mass is 400 g/mol. The molecule has 0 bridgehead atoms. The third-order valence-corrected chi connectivity index (χ3v) is 5.91. The van der Waals surface area contributed by atoms with Crippen molar-refractivity contribution >= 4 is 16.8 Å². The number of carbonyl (C=O) groups is 1. The summed E-state index contributed by atoms with van der Waals surface area (Å²) >= 11 is 0. The second-order valence-corrected chi connectivity index (χ2v) is 8.12. The first kappa shape index (κ1) is 18.6. The van der Waals surface area contributed by atoms with Crippen LogP contribution in [0, 0.1) is 13.8 Å². The van der Waals surface area contributed by atoms with Crippen LogP contribution in [-0.2, 0) is 0 Å². The Bertz CT molecular complexity index is 1210. The first-order valence-electron chi connectivity index (χ1n) is 10.4. The highest BCUT2D eigenvalue weighted by Gasteiger charge is 2.30. The molecule has 1 saturated heterocycles. The van der Waals surface area contributed by atoms with Crippen molar-refractivity contribution in [2.45, 2.75) is 32.6 Å². The number of aromatic amines is 1. The second-order valence-electron chi connectivity index (χ2n) is 8.12. The first-order chi connectivity index (χ1) is 14.6. The van der Waals surface area contributed by atoms with Gasteiger partial charge in [-0.25, -0.2) is 0 Å². The number of nitrogens with one attached hydrogen (secondary N) is 1. The normalized spacial score (nSPS) is 16.9. The number of H-pyrrole nitrogens is 1. The summed E-state index contributed by atoms with van der Waals surface area (Å²) in [5.41, 5.74) is 6.62. The smallest absolute Gasteiger partial charge is 0.292 e. The minimum Gasteiger partial charge on any atom is -0.358 e. The maximum Gasteiger partial charge on any atom is 0.292 e. The van der Waals surface area contributed by atoms with E-state index in [1.165, 1.54) is 22.2 Å². The number of carbonyl (C=O) groups excluding carboxylic acids is 1. The van der Waals surface area contributed by atoms with E-state index in [0.717, 1.165) is 36.2 Å². The Hall–Kier alpha value is -3.41. The quantitative estimate of drug-likeness (QED) is 0.533. The van der Waals surface area contributed by atoms with Gasteiger partial charge in [-0.05, 0) is 56.5 Å². The lowest BCUT2D eigenvalue weighted by Gasteiger charge is -2.32. The highest BCUT2D eigenvalue weighted by Crippen LogP contribution is 2.39. The molecule has 1 aliphatic rings. The molecular weight excluding hydrogens is 376 g/mol. The van der Waals surface area contributed by atoms with E-state index in [9.17, 15) is 4.79 Å². The molecule has 1 aromatic carbocycles. The third kappa shape index (κ3) is 3.28. The predicted molar refractivity (Wildman–Crippen MR) is 115 cm³/mol. The molecule has 1 fully saturated rings. The standard InChI is InChI=1S/C24H24N4O2/c1-15-5-6-20-19(12-15)22(17-7-9-25-10-8-17)23(26-20)18-4-3-11-28(14-18)24(29)21-13-16(2)27-30-21/h5-10,12-13,18,26H,3-4,11,14H2,1-2H3. The van der Waals surface area contributed by atoms with Gasteiger partial charge in [0.05, 0.1) is 5.69 Å².